The third kappa shape index (κ3) is 3.58. The summed E-state index contributed by atoms with van der Waals surface area (Å²) < 4.78 is 6.13. The average molecular weight is 363 g/mol. The van der Waals surface area contributed by atoms with Crippen molar-refractivity contribution in [3.8, 4) is 17.1 Å². The topological polar surface area (TPSA) is 71.3 Å². The second-order valence-corrected chi connectivity index (χ2v) is 6.12. The lowest BCUT2D eigenvalue weighted by Gasteiger charge is -2.34. The number of piperazine rings is 1. The molecule has 25 heavy (non-hydrogen) atoms. The van der Waals surface area contributed by atoms with Crippen LogP contribution in [0.3, 0.4) is 0 Å². The van der Waals surface area contributed by atoms with Gasteiger partial charge in [0.05, 0.1) is 5.69 Å². The van der Waals surface area contributed by atoms with Gasteiger partial charge in [-0.3, -0.25) is 0 Å². The molecule has 0 unspecified atom stereocenters. The zero-order valence-electron chi connectivity index (χ0n) is 14.1. The standard InChI is InChI=1S/C19H20N2O2.ClH.H2O/c1-20-9-11-21(12-10-20)18-16-8-7-15(22)13-17(16)23-19(18)14-5-3-2-4-6-14;;/h2-8,13,22H,9-12H2,1H3;1H;1H2. The van der Waals surface area contributed by atoms with E-state index in [0.29, 0.717) is 0 Å². The molecule has 134 valence electrons. The van der Waals surface area contributed by atoms with Crippen LogP contribution in [0.1, 0.15) is 0 Å². The molecule has 0 bridgehead atoms. The van der Waals surface area contributed by atoms with Crippen molar-refractivity contribution >= 4 is 29.1 Å². The third-order valence-electron chi connectivity index (χ3n) is 4.50. The van der Waals surface area contributed by atoms with Crippen LogP contribution in [0.2, 0.25) is 0 Å². The molecule has 2 aromatic carbocycles. The number of halogens is 1. The number of furan rings is 1. The molecule has 3 aromatic rings. The fourth-order valence-electron chi connectivity index (χ4n) is 3.20. The van der Waals surface area contributed by atoms with E-state index in [0.717, 1.165) is 54.2 Å². The summed E-state index contributed by atoms with van der Waals surface area (Å²) in [5, 5.41) is 10.8. The minimum Gasteiger partial charge on any atom is -0.508 e. The van der Waals surface area contributed by atoms with Crippen molar-refractivity contribution in [2.45, 2.75) is 0 Å². The molecule has 0 atom stereocenters. The van der Waals surface area contributed by atoms with E-state index in [2.05, 4.69) is 29.0 Å². The summed E-state index contributed by atoms with van der Waals surface area (Å²) in [5.74, 6) is 1.12. The summed E-state index contributed by atoms with van der Waals surface area (Å²) in [6.07, 6.45) is 0. The summed E-state index contributed by atoms with van der Waals surface area (Å²) in [6, 6.07) is 15.6. The molecular weight excluding hydrogens is 340 g/mol. The van der Waals surface area contributed by atoms with E-state index in [4.69, 9.17) is 4.42 Å². The molecule has 1 aliphatic rings. The van der Waals surface area contributed by atoms with Gasteiger partial charge in [-0.05, 0) is 19.2 Å². The van der Waals surface area contributed by atoms with Gasteiger partial charge in [-0.2, -0.15) is 0 Å². The summed E-state index contributed by atoms with van der Waals surface area (Å²) in [7, 11) is 2.15. The number of aromatic hydroxyl groups is 1. The number of anilines is 1. The minimum absolute atomic E-state index is 0. The average Bonchev–Trinajstić information content (AvgIpc) is 2.95. The van der Waals surface area contributed by atoms with Gasteiger partial charge >= 0.3 is 0 Å². The zero-order valence-corrected chi connectivity index (χ0v) is 14.9. The predicted octanol–water partition coefficient (Wildman–Crippen LogP) is 3.15. The summed E-state index contributed by atoms with van der Waals surface area (Å²) >= 11 is 0. The molecule has 6 heteroatoms. The van der Waals surface area contributed by atoms with Crippen LogP contribution in [-0.4, -0.2) is 48.7 Å². The van der Waals surface area contributed by atoms with Gasteiger partial charge in [0, 0.05) is 43.2 Å². The second kappa shape index (κ2) is 7.78. The van der Waals surface area contributed by atoms with Crippen molar-refractivity contribution in [2.75, 3.05) is 38.1 Å². The Labute approximate surface area is 153 Å². The molecule has 5 nitrogen and oxygen atoms in total. The van der Waals surface area contributed by atoms with E-state index in [9.17, 15) is 5.11 Å². The molecule has 0 amide bonds. The SMILES string of the molecule is CN1CCN(c2c(-c3ccccc3)oc3cc(O)ccc23)CC1.Cl.O. The van der Waals surface area contributed by atoms with Crippen LogP contribution in [0.4, 0.5) is 5.69 Å². The maximum atomic E-state index is 9.77. The largest absolute Gasteiger partial charge is 0.508 e. The van der Waals surface area contributed by atoms with Crippen LogP contribution >= 0.6 is 12.4 Å². The Morgan fingerprint density at radius 2 is 1.64 bits per heavy atom. The lowest BCUT2D eigenvalue weighted by Crippen LogP contribution is -2.44. The minimum atomic E-state index is 0. The quantitative estimate of drug-likeness (QED) is 0.760. The fraction of sp³-hybridized carbons (Fsp3) is 0.263. The third-order valence-corrected chi connectivity index (χ3v) is 4.50. The van der Waals surface area contributed by atoms with Crippen LogP contribution in [0.25, 0.3) is 22.3 Å². The van der Waals surface area contributed by atoms with Gasteiger partial charge in [0.15, 0.2) is 5.76 Å². The molecule has 2 heterocycles. The van der Waals surface area contributed by atoms with E-state index in [1.54, 1.807) is 12.1 Å². The van der Waals surface area contributed by atoms with E-state index in [1.165, 1.54) is 0 Å². The number of phenolic OH excluding ortho intramolecular Hbond substituents is 1. The smallest absolute Gasteiger partial charge is 0.158 e. The van der Waals surface area contributed by atoms with Gasteiger partial charge < -0.3 is 24.8 Å². The molecule has 1 fully saturated rings. The van der Waals surface area contributed by atoms with Gasteiger partial charge in [-0.1, -0.05) is 30.3 Å². The summed E-state index contributed by atoms with van der Waals surface area (Å²) in [4.78, 5) is 4.73. The fourth-order valence-corrected chi connectivity index (χ4v) is 3.20. The molecule has 4 rings (SSSR count). The van der Waals surface area contributed by atoms with Gasteiger partial charge in [-0.15, -0.1) is 12.4 Å². The number of rotatable bonds is 2. The molecule has 0 spiro atoms. The number of benzene rings is 2. The second-order valence-electron chi connectivity index (χ2n) is 6.12. The summed E-state index contributed by atoms with van der Waals surface area (Å²) in [5.41, 5.74) is 2.94. The van der Waals surface area contributed by atoms with Crippen LogP contribution in [0.5, 0.6) is 5.75 Å². The first-order valence-corrected chi connectivity index (χ1v) is 7.97. The van der Waals surface area contributed by atoms with Gasteiger partial charge in [-0.25, -0.2) is 0 Å². The van der Waals surface area contributed by atoms with Crippen molar-refractivity contribution in [1.29, 1.82) is 0 Å². The first-order chi connectivity index (χ1) is 11.2. The first-order valence-electron chi connectivity index (χ1n) is 7.97. The van der Waals surface area contributed by atoms with Crippen LogP contribution in [-0.2, 0) is 0 Å². The van der Waals surface area contributed by atoms with Crippen LogP contribution in [0, 0.1) is 0 Å². The Balaban J connectivity index is 0.00000113. The number of hydrogen-bond acceptors (Lipinski definition) is 4. The molecular formula is C19H23ClN2O3. The number of fused-ring (bicyclic) bond motifs is 1. The lowest BCUT2D eigenvalue weighted by molar-refractivity contribution is 0.313. The monoisotopic (exact) mass is 362 g/mol. The van der Waals surface area contributed by atoms with Crippen LogP contribution < -0.4 is 4.90 Å². The molecule has 3 N–H and O–H groups in total. The highest BCUT2D eigenvalue weighted by atomic mass is 35.5. The normalized spacial score (nSPS) is 14.8. The van der Waals surface area contributed by atoms with E-state index >= 15 is 0 Å². The Morgan fingerprint density at radius 3 is 2.32 bits per heavy atom. The Kier molecular flexibility index (Phi) is 5.95. The maximum absolute atomic E-state index is 9.77. The number of likely N-dealkylation sites (N-methyl/N-ethyl adjacent to an activating group) is 1. The highest BCUT2D eigenvalue weighted by Crippen LogP contribution is 2.41. The summed E-state index contributed by atoms with van der Waals surface area (Å²) in [6.45, 7) is 4.04. The molecule has 0 aliphatic carbocycles. The lowest BCUT2D eigenvalue weighted by atomic mass is 10.1. The Morgan fingerprint density at radius 1 is 0.960 bits per heavy atom. The van der Waals surface area contributed by atoms with Gasteiger partial charge in [0.2, 0.25) is 0 Å². The Bertz CT molecular complexity index is 827. The molecule has 1 saturated heterocycles. The first kappa shape index (κ1) is 19.1. The van der Waals surface area contributed by atoms with Crippen molar-refractivity contribution in [3.63, 3.8) is 0 Å². The van der Waals surface area contributed by atoms with Crippen molar-refractivity contribution < 1.29 is 15.0 Å². The van der Waals surface area contributed by atoms with Crippen molar-refractivity contribution in [2.24, 2.45) is 0 Å². The highest BCUT2D eigenvalue weighted by molar-refractivity contribution is 6.00. The van der Waals surface area contributed by atoms with Gasteiger partial charge in [0.1, 0.15) is 11.3 Å². The number of phenols is 1. The molecule has 0 saturated carbocycles. The Hall–Kier alpha value is -2.21. The van der Waals surface area contributed by atoms with E-state index in [-0.39, 0.29) is 23.6 Å². The zero-order chi connectivity index (χ0) is 15.8. The number of hydrogen-bond donors (Lipinski definition) is 1. The predicted molar refractivity (Wildman–Crippen MR) is 104 cm³/mol. The van der Waals surface area contributed by atoms with Crippen molar-refractivity contribution in [3.05, 3.63) is 48.5 Å². The van der Waals surface area contributed by atoms with E-state index in [1.807, 2.05) is 24.3 Å². The number of nitrogens with zero attached hydrogens (tertiary/aromatic N) is 2. The molecule has 1 aromatic heterocycles. The maximum Gasteiger partial charge on any atom is 0.158 e. The molecule has 1 aliphatic heterocycles. The van der Waals surface area contributed by atoms with Crippen LogP contribution in [0.15, 0.2) is 52.9 Å². The van der Waals surface area contributed by atoms with E-state index < -0.39 is 0 Å². The molecule has 0 radical (unpaired) electrons. The van der Waals surface area contributed by atoms with Crippen molar-refractivity contribution in [1.82, 2.24) is 4.90 Å². The van der Waals surface area contributed by atoms with Gasteiger partial charge in [0.25, 0.3) is 0 Å². The highest BCUT2D eigenvalue weighted by Gasteiger charge is 2.24.